The van der Waals surface area contributed by atoms with Gasteiger partial charge in [0.1, 0.15) is 0 Å². The minimum atomic E-state index is 0.0801. The second-order valence-electron chi connectivity index (χ2n) is 4.10. The summed E-state index contributed by atoms with van der Waals surface area (Å²) in [5.41, 5.74) is 2.04. The van der Waals surface area contributed by atoms with Crippen LogP contribution in [0, 0.1) is 6.92 Å². The number of aromatic nitrogens is 5. The van der Waals surface area contributed by atoms with Crippen molar-refractivity contribution in [2.75, 3.05) is 6.54 Å². The molecule has 0 aliphatic carbocycles. The van der Waals surface area contributed by atoms with Gasteiger partial charge in [0, 0.05) is 6.54 Å². The lowest BCUT2D eigenvalue weighted by atomic mass is 10.1. The minimum Gasteiger partial charge on any atom is -0.304 e. The van der Waals surface area contributed by atoms with Crippen molar-refractivity contribution in [3.63, 3.8) is 0 Å². The van der Waals surface area contributed by atoms with E-state index in [-0.39, 0.29) is 6.04 Å². The van der Waals surface area contributed by atoms with Gasteiger partial charge >= 0.3 is 0 Å². The van der Waals surface area contributed by atoms with Gasteiger partial charge in [0.15, 0.2) is 0 Å². The van der Waals surface area contributed by atoms with Crippen LogP contribution < -0.4 is 5.32 Å². The van der Waals surface area contributed by atoms with Gasteiger partial charge in [-0.15, -0.1) is 10.2 Å². The van der Waals surface area contributed by atoms with Crippen LogP contribution in [0.15, 0.2) is 6.20 Å². The fraction of sp³-hybridized carbons (Fsp3) is 0.636. The molecule has 2 aromatic heterocycles. The fourth-order valence-corrected chi connectivity index (χ4v) is 2.65. The first kappa shape index (κ1) is 13.1. The van der Waals surface area contributed by atoms with E-state index in [1.54, 1.807) is 0 Å². The Bertz CT molecular complexity index is 491. The van der Waals surface area contributed by atoms with Crippen molar-refractivity contribution < 1.29 is 0 Å². The third-order valence-corrected chi connectivity index (χ3v) is 3.63. The van der Waals surface area contributed by atoms with Crippen LogP contribution in [0.3, 0.4) is 0 Å². The molecule has 2 aromatic rings. The molecule has 2 rings (SSSR count). The number of aryl methyl sites for hydroxylation is 2. The molecule has 18 heavy (non-hydrogen) atoms. The van der Waals surface area contributed by atoms with E-state index in [9.17, 15) is 0 Å². The maximum Gasteiger partial charge on any atom is 0.0893 e. The van der Waals surface area contributed by atoms with Crippen LogP contribution in [0.5, 0.6) is 0 Å². The Balaban J connectivity index is 2.35. The van der Waals surface area contributed by atoms with Gasteiger partial charge in [0.25, 0.3) is 0 Å². The fourth-order valence-electron chi connectivity index (χ4n) is 1.91. The van der Waals surface area contributed by atoms with Crippen molar-refractivity contribution in [3.05, 3.63) is 22.5 Å². The highest BCUT2D eigenvalue weighted by molar-refractivity contribution is 7.05. The molecule has 0 aliphatic heterocycles. The van der Waals surface area contributed by atoms with Crippen molar-refractivity contribution in [2.24, 2.45) is 0 Å². The summed E-state index contributed by atoms with van der Waals surface area (Å²) in [7, 11) is 0. The van der Waals surface area contributed by atoms with Crippen molar-refractivity contribution in [1.29, 1.82) is 0 Å². The number of hydrogen-bond donors (Lipinski definition) is 1. The van der Waals surface area contributed by atoms with E-state index in [0.29, 0.717) is 0 Å². The van der Waals surface area contributed by atoms with Gasteiger partial charge in [0.2, 0.25) is 0 Å². The van der Waals surface area contributed by atoms with E-state index in [1.807, 2.05) is 17.8 Å². The van der Waals surface area contributed by atoms with Crippen LogP contribution in [0.25, 0.3) is 0 Å². The average molecular weight is 266 g/mol. The average Bonchev–Trinajstić information content (AvgIpc) is 2.96. The van der Waals surface area contributed by atoms with Crippen molar-refractivity contribution in [2.45, 2.75) is 39.8 Å². The van der Waals surface area contributed by atoms with Crippen LogP contribution in [-0.4, -0.2) is 31.1 Å². The lowest BCUT2D eigenvalue weighted by molar-refractivity contribution is 0.513. The quantitative estimate of drug-likeness (QED) is 0.859. The predicted octanol–water partition coefficient (Wildman–Crippen LogP) is 1.55. The van der Waals surface area contributed by atoms with E-state index in [4.69, 9.17) is 0 Å². The van der Waals surface area contributed by atoms with Crippen molar-refractivity contribution in [1.82, 2.24) is 29.9 Å². The molecule has 1 N–H and O–H groups in total. The van der Waals surface area contributed by atoms with E-state index >= 15 is 0 Å². The monoisotopic (exact) mass is 266 g/mol. The Kier molecular flexibility index (Phi) is 4.38. The molecule has 0 saturated heterocycles. The normalized spacial score (nSPS) is 12.8. The lowest BCUT2D eigenvalue weighted by Crippen LogP contribution is -2.24. The van der Waals surface area contributed by atoms with Crippen LogP contribution >= 0.6 is 11.5 Å². The number of rotatable bonds is 6. The number of nitrogens with zero attached hydrogens (tertiary/aromatic N) is 5. The predicted molar refractivity (Wildman–Crippen MR) is 70.5 cm³/mol. The van der Waals surface area contributed by atoms with Gasteiger partial charge in [0.05, 0.1) is 28.5 Å². The summed E-state index contributed by atoms with van der Waals surface area (Å²) in [5.74, 6) is 0. The Morgan fingerprint density at radius 2 is 2.28 bits per heavy atom. The van der Waals surface area contributed by atoms with Crippen LogP contribution in [0.2, 0.25) is 0 Å². The third-order valence-electron chi connectivity index (χ3n) is 2.74. The molecular weight excluding hydrogens is 248 g/mol. The molecule has 0 fully saturated rings. The maximum absolute atomic E-state index is 4.14. The molecular formula is C11H18N6S. The van der Waals surface area contributed by atoms with Crippen LogP contribution in [-0.2, 0) is 6.54 Å². The SMILES string of the molecule is CCCn1nncc1C(NCC)c1snnc1C. The highest BCUT2D eigenvalue weighted by Crippen LogP contribution is 2.26. The minimum absolute atomic E-state index is 0.0801. The summed E-state index contributed by atoms with van der Waals surface area (Å²) in [6.45, 7) is 7.96. The molecule has 98 valence electrons. The lowest BCUT2D eigenvalue weighted by Gasteiger charge is -2.17. The molecule has 1 atom stereocenters. The summed E-state index contributed by atoms with van der Waals surface area (Å²) in [6, 6.07) is 0.0801. The van der Waals surface area contributed by atoms with Crippen molar-refractivity contribution >= 4 is 11.5 Å². The Morgan fingerprint density at radius 1 is 1.44 bits per heavy atom. The zero-order valence-electron chi connectivity index (χ0n) is 10.9. The largest absolute Gasteiger partial charge is 0.304 e. The highest BCUT2D eigenvalue weighted by Gasteiger charge is 2.22. The molecule has 7 heteroatoms. The first-order valence-corrected chi connectivity index (χ1v) is 6.95. The molecule has 0 aromatic carbocycles. The summed E-state index contributed by atoms with van der Waals surface area (Å²) in [6.07, 6.45) is 2.86. The molecule has 1 unspecified atom stereocenters. The molecule has 6 nitrogen and oxygen atoms in total. The first-order chi connectivity index (χ1) is 8.77. The Labute approximate surface area is 111 Å². The van der Waals surface area contributed by atoms with Gasteiger partial charge in [-0.3, -0.25) is 0 Å². The molecule has 0 radical (unpaired) electrons. The molecule has 0 bridgehead atoms. The first-order valence-electron chi connectivity index (χ1n) is 6.18. The second kappa shape index (κ2) is 6.01. The summed E-state index contributed by atoms with van der Waals surface area (Å²) < 4.78 is 5.96. The Morgan fingerprint density at radius 3 is 2.89 bits per heavy atom. The van der Waals surface area contributed by atoms with Crippen LogP contribution in [0.4, 0.5) is 0 Å². The highest BCUT2D eigenvalue weighted by atomic mass is 32.1. The summed E-state index contributed by atoms with van der Waals surface area (Å²) in [5, 5.41) is 15.7. The van der Waals surface area contributed by atoms with E-state index in [1.165, 1.54) is 11.5 Å². The van der Waals surface area contributed by atoms with Gasteiger partial charge in [-0.2, -0.15) is 0 Å². The second-order valence-corrected chi connectivity index (χ2v) is 4.88. The topological polar surface area (TPSA) is 68.5 Å². The maximum atomic E-state index is 4.14. The number of nitrogens with one attached hydrogen (secondary N) is 1. The zero-order chi connectivity index (χ0) is 13.0. The third kappa shape index (κ3) is 2.56. The smallest absolute Gasteiger partial charge is 0.0893 e. The van der Waals surface area contributed by atoms with E-state index in [0.717, 1.165) is 35.8 Å². The Hall–Kier alpha value is -1.34. The van der Waals surface area contributed by atoms with Crippen molar-refractivity contribution in [3.8, 4) is 0 Å². The summed E-state index contributed by atoms with van der Waals surface area (Å²) >= 11 is 1.43. The molecule has 0 amide bonds. The zero-order valence-corrected chi connectivity index (χ0v) is 11.7. The van der Waals surface area contributed by atoms with E-state index < -0.39 is 0 Å². The summed E-state index contributed by atoms with van der Waals surface area (Å²) in [4.78, 5) is 1.14. The van der Waals surface area contributed by atoms with Gasteiger partial charge < -0.3 is 5.32 Å². The number of hydrogen-bond acceptors (Lipinski definition) is 6. The van der Waals surface area contributed by atoms with Crippen LogP contribution in [0.1, 0.15) is 42.6 Å². The molecule has 0 spiro atoms. The standard InChI is InChI=1S/C11H18N6S/c1-4-6-17-9(7-13-15-17)10(12-5-2)11-8(3)14-16-18-11/h7,10,12H,4-6H2,1-3H3. The van der Waals surface area contributed by atoms with Gasteiger partial charge in [-0.05, 0) is 31.4 Å². The molecule has 0 aliphatic rings. The molecule has 2 heterocycles. The van der Waals surface area contributed by atoms with E-state index in [2.05, 4.69) is 39.1 Å². The molecule has 0 saturated carbocycles. The van der Waals surface area contributed by atoms with Gasteiger partial charge in [-0.1, -0.05) is 23.5 Å². The van der Waals surface area contributed by atoms with Gasteiger partial charge in [-0.25, -0.2) is 4.68 Å².